The van der Waals surface area contributed by atoms with Gasteiger partial charge in [-0.15, -0.1) is 0 Å². The van der Waals surface area contributed by atoms with Crippen molar-refractivity contribution >= 4 is 11.6 Å². The highest BCUT2D eigenvalue weighted by molar-refractivity contribution is 5.96. The van der Waals surface area contributed by atoms with Crippen LogP contribution in [0.1, 0.15) is 31.2 Å². The van der Waals surface area contributed by atoms with Crippen LogP contribution in [0.4, 0.5) is 5.69 Å². The zero-order chi connectivity index (χ0) is 17.5. The second kappa shape index (κ2) is 8.29. The van der Waals surface area contributed by atoms with E-state index in [4.69, 9.17) is 0 Å². The maximum atomic E-state index is 12.7. The summed E-state index contributed by atoms with van der Waals surface area (Å²) in [5.41, 5.74) is 4.23. The second-order valence-corrected chi connectivity index (χ2v) is 6.18. The zero-order valence-corrected chi connectivity index (χ0v) is 14.5. The Balaban J connectivity index is 1.73. The SMILES string of the molecule is CCC[C@H](C(=O)Nc1ccc(-c2ccccc2)cc1)c1ccccc1. The molecule has 0 spiro atoms. The first-order chi connectivity index (χ1) is 12.3. The minimum Gasteiger partial charge on any atom is -0.326 e. The van der Waals surface area contributed by atoms with Crippen LogP contribution in [0.25, 0.3) is 11.1 Å². The molecule has 3 rings (SSSR count). The Hall–Kier alpha value is -2.87. The van der Waals surface area contributed by atoms with Gasteiger partial charge in [0.2, 0.25) is 5.91 Å². The van der Waals surface area contributed by atoms with Gasteiger partial charge in [0.15, 0.2) is 0 Å². The summed E-state index contributed by atoms with van der Waals surface area (Å²) >= 11 is 0. The Morgan fingerprint density at radius 3 is 1.96 bits per heavy atom. The van der Waals surface area contributed by atoms with E-state index < -0.39 is 0 Å². The maximum absolute atomic E-state index is 12.7. The molecule has 0 radical (unpaired) electrons. The molecule has 0 aliphatic heterocycles. The highest BCUT2D eigenvalue weighted by Crippen LogP contribution is 2.25. The molecule has 0 heterocycles. The molecule has 0 fully saturated rings. The van der Waals surface area contributed by atoms with E-state index in [1.807, 2.05) is 72.8 Å². The van der Waals surface area contributed by atoms with E-state index in [0.717, 1.165) is 29.7 Å². The Morgan fingerprint density at radius 2 is 1.36 bits per heavy atom. The van der Waals surface area contributed by atoms with E-state index in [1.54, 1.807) is 0 Å². The minimum absolute atomic E-state index is 0.0560. The van der Waals surface area contributed by atoms with E-state index in [-0.39, 0.29) is 11.8 Å². The van der Waals surface area contributed by atoms with Crippen molar-refractivity contribution in [1.29, 1.82) is 0 Å². The van der Waals surface area contributed by atoms with Crippen LogP contribution in [0.5, 0.6) is 0 Å². The summed E-state index contributed by atoms with van der Waals surface area (Å²) in [4.78, 5) is 12.7. The van der Waals surface area contributed by atoms with Gasteiger partial charge >= 0.3 is 0 Å². The zero-order valence-electron chi connectivity index (χ0n) is 14.5. The molecule has 3 aromatic carbocycles. The van der Waals surface area contributed by atoms with Crippen molar-refractivity contribution in [2.75, 3.05) is 5.32 Å². The van der Waals surface area contributed by atoms with E-state index in [9.17, 15) is 4.79 Å². The maximum Gasteiger partial charge on any atom is 0.231 e. The number of hydrogen-bond acceptors (Lipinski definition) is 1. The lowest BCUT2D eigenvalue weighted by Gasteiger charge is -2.17. The standard InChI is InChI=1S/C23H23NO/c1-2-9-22(20-12-7-4-8-13-20)23(25)24-21-16-14-19(15-17-21)18-10-5-3-6-11-18/h3-8,10-17,22H,2,9H2,1H3,(H,24,25)/t22-/m0/s1. The third kappa shape index (κ3) is 4.36. The van der Waals surface area contributed by atoms with E-state index in [0.29, 0.717) is 0 Å². The van der Waals surface area contributed by atoms with Crippen molar-refractivity contribution in [1.82, 2.24) is 0 Å². The van der Waals surface area contributed by atoms with Crippen molar-refractivity contribution in [3.05, 3.63) is 90.5 Å². The summed E-state index contributed by atoms with van der Waals surface area (Å²) < 4.78 is 0. The van der Waals surface area contributed by atoms with Crippen molar-refractivity contribution in [3.63, 3.8) is 0 Å². The van der Waals surface area contributed by atoms with Crippen molar-refractivity contribution in [2.24, 2.45) is 0 Å². The normalized spacial score (nSPS) is 11.7. The smallest absolute Gasteiger partial charge is 0.231 e. The van der Waals surface area contributed by atoms with E-state index in [1.165, 1.54) is 5.56 Å². The van der Waals surface area contributed by atoms with Gasteiger partial charge in [0, 0.05) is 5.69 Å². The number of nitrogens with one attached hydrogen (secondary N) is 1. The van der Waals surface area contributed by atoms with E-state index in [2.05, 4.69) is 24.4 Å². The van der Waals surface area contributed by atoms with Crippen LogP contribution < -0.4 is 5.32 Å². The Morgan fingerprint density at radius 1 is 0.800 bits per heavy atom. The van der Waals surface area contributed by atoms with Crippen LogP contribution in [-0.4, -0.2) is 5.91 Å². The largest absolute Gasteiger partial charge is 0.326 e. The van der Waals surface area contributed by atoms with Crippen LogP contribution in [0.15, 0.2) is 84.9 Å². The van der Waals surface area contributed by atoms with Gasteiger partial charge in [0.25, 0.3) is 0 Å². The first-order valence-corrected chi connectivity index (χ1v) is 8.79. The molecule has 0 bridgehead atoms. The molecule has 0 aliphatic carbocycles. The fourth-order valence-corrected chi connectivity index (χ4v) is 3.03. The molecule has 3 aromatic rings. The average molecular weight is 329 g/mol. The summed E-state index contributed by atoms with van der Waals surface area (Å²) in [6.07, 6.45) is 1.82. The number of amides is 1. The molecule has 0 aromatic heterocycles. The Labute approximate surface area is 149 Å². The predicted molar refractivity (Wildman–Crippen MR) is 105 cm³/mol. The number of hydrogen-bond donors (Lipinski definition) is 1. The van der Waals surface area contributed by atoms with Gasteiger partial charge in [-0.3, -0.25) is 4.79 Å². The molecule has 2 nitrogen and oxygen atoms in total. The number of carbonyl (C=O) groups excluding carboxylic acids is 1. The highest BCUT2D eigenvalue weighted by Gasteiger charge is 2.19. The van der Waals surface area contributed by atoms with Crippen LogP contribution >= 0.6 is 0 Å². The summed E-state index contributed by atoms with van der Waals surface area (Å²) in [5.74, 6) is -0.0551. The summed E-state index contributed by atoms with van der Waals surface area (Å²) in [7, 11) is 0. The lowest BCUT2D eigenvalue weighted by atomic mass is 9.93. The van der Waals surface area contributed by atoms with Gasteiger partial charge in [0.05, 0.1) is 5.92 Å². The third-order valence-corrected chi connectivity index (χ3v) is 4.36. The van der Waals surface area contributed by atoms with Crippen LogP contribution in [0.2, 0.25) is 0 Å². The number of benzene rings is 3. The minimum atomic E-state index is -0.111. The van der Waals surface area contributed by atoms with Crippen molar-refractivity contribution in [3.8, 4) is 11.1 Å². The van der Waals surface area contributed by atoms with Crippen LogP contribution in [0, 0.1) is 0 Å². The lowest BCUT2D eigenvalue weighted by molar-refractivity contribution is -0.117. The fourth-order valence-electron chi connectivity index (χ4n) is 3.03. The average Bonchev–Trinajstić information content (AvgIpc) is 2.68. The second-order valence-electron chi connectivity index (χ2n) is 6.18. The number of carbonyl (C=O) groups is 1. The molecule has 0 unspecified atom stereocenters. The van der Waals surface area contributed by atoms with Gasteiger partial charge in [-0.1, -0.05) is 86.1 Å². The predicted octanol–water partition coefficient (Wildman–Crippen LogP) is 5.88. The molecule has 0 saturated carbocycles. The van der Waals surface area contributed by atoms with Crippen LogP contribution in [0.3, 0.4) is 0 Å². The molecule has 2 heteroatoms. The molecular weight excluding hydrogens is 306 g/mol. The summed E-state index contributed by atoms with van der Waals surface area (Å²) in [6.45, 7) is 2.11. The Bertz CT molecular complexity index is 795. The molecule has 1 atom stereocenters. The molecule has 25 heavy (non-hydrogen) atoms. The highest BCUT2D eigenvalue weighted by atomic mass is 16.1. The van der Waals surface area contributed by atoms with Crippen molar-refractivity contribution < 1.29 is 4.79 Å². The molecule has 1 amide bonds. The lowest BCUT2D eigenvalue weighted by Crippen LogP contribution is -2.21. The number of rotatable bonds is 6. The van der Waals surface area contributed by atoms with Crippen molar-refractivity contribution in [2.45, 2.75) is 25.7 Å². The molecule has 1 N–H and O–H groups in total. The monoisotopic (exact) mass is 329 g/mol. The van der Waals surface area contributed by atoms with Gasteiger partial charge in [0.1, 0.15) is 0 Å². The molecule has 126 valence electrons. The van der Waals surface area contributed by atoms with Crippen LogP contribution in [-0.2, 0) is 4.79 Å². The summed E-state index contributed by atoms with van der Waals surface area (Å²) in [6, 6.07) is 28.3. The van der Waals surface area contributed by atoms with Gasteiger partial charge in [-0.05, 0) is 35.2 Å². The van der Waals surface area contributed by atoms with E-state index >= 15 is 0 Å². The van der Waals surface area contributed by atoms with Gasteiger partial charge in [-0.2, -0.15) is 0 Å². The summed E-state index contributed by atoms with van der Waals surface area (Å²) in [5, 5.41) is 3.07. The quantitative estimate of drug-likeness (QED) is 0.601. The van der Waals surface area contributed by atoms with Gasteiger partial charge in [-0.25, -0.2) is 0 Å². The topological polar surface area (TPSA) is 29.1 Å². The number of anilines is 1. The first kappa shape index (κ1) is 17.0. The first-order valence-electron chi connectivity index (χ1n) is 8.79. The third-order valence-electron chi connectivity index (χ3n) is 4.36. The Kier molecular flexibility index (Phi) is 5.63. The molecule has 0 saturated heterocycles. The fraction of sp³-hybridized carbons (Fsp3) is 0.174. The van der Waals surface area contributed by atoms with Gasteiger partial charge < -0.3 is 5.32 Å². The molecular formula is C23H23NO. The molecule has 0 aliphatic rings.